The average Bonchev–Trinajstić information content (AvgIpc) is 3.21. The second-order valence-electron chi connectivity index (χ2n) is 4.97. The summed E-state index contributed by atoms with van der Waals surface area (Å²) in [6.07, 6.45) is 1.52. The van der Waals surface area contributed by atoms with Crippen molar-refractivity contribution in [2.24, 2.45) is 0 Å². The van der Waals surface area contributed by atoms with E-state index in [4.69, 9.17) is 4.74 Å². The summed E-state index contributed by atoms with van der Waals surface area (Å²) in [7, 11) is 0. The molecular formula is C15H15NO3. The van der Waals surface area contributed by atoms with Gasteiger partial charge in [-0.05, 0) is 12.5 Å². The van der Waals surface area contributed by atoms with Crippen molar-refractivity contribution in [2.75, 3.05) is 13.2 Å². The van der Waals surface area contributed by atoms with Crippen LogP contribution in [0.4, 0.5) is 0 Å². The molecule has 0 aliphatic carbocycles. The number of epoxide rings is 1. The lowest BCUT2D eigenvalue weighted by molar-refractivity contribution is -0.137. The van der Waals surface area contributed by atoms with Gasteiger partial charge in [-0.25, -0.2) is 0 Å². The molecule has 2 atom stereocenters. The molecule has 1 fully saturated rings. The third kappa shape index (κ3) is 2.31. The molecule has 1 aromatic rings. The molecule has 4 heteroatoms. The summed E-state index contributed by atoms with van der Waals surface area (Å²) in [5.74, 6) is -0.343. The van der Waals surface area contributed by atoms with E-state index in [9.17, 15) is 9.59 Å². The van der Waals surface area contributed by atoms with Crippen LogP contribution in [-0.2, 0) is 14.3 Å². The Bertz CT molecular complexity index is 546. The van der Waals surface area contributed by atoms with Gasteiger partial charge in [0.05, 0.1) is 12.7 Å². The molecule has 98 valence electrons. The first-order valence-corrected chi connectivity index (χ1v) is 6.37. The molecule has 2 aliphatic heterocycles. The van der Waals surface area contributed by atoms with E-state index in [1.807, 2.05) is 30.3 Å². The first-order valence-electron chi connectivity index (χ1n) is 6.37. The maximum Gasteiger partial charge on any atom is 0.256 e. The van der Waals surface area contributed by atoms with Crippen molar-refractivity contribution in [3.05, 3.63) is 47.5 Å². The lowest BCUT2D eigenvalue weighted by atomic mass is 9.95. The largest absolute Gasteiger partial charge is 0.372 e. The van der Waals surface area contributed by atoms with Crippen LogP contribution in [-0.4, -0.2) is 36.0 Å². The zero-order chi connectivity index (χ0) is 13.4. The van der Waals surface area contributed by atoms with Crippen molar-refractivity contribution < 1.29 is 14.3 Å². The van der Waals surface area contributed by atoms with E-state index in [1.165, 1.54) is 11.0 Å². The molecule has 0 aromatic heterocycles. The van der Waals surface area contributed by atoms with Gasteiger partial charge in [0.1, 0.15) is 0 Å². The Morgan fingerprint density at radius 3 is 2.53 bits per heavy atom. The number of carbonyl (C=O) groups excluding carboxylic acids is 2. The smallest absolute Gasteiger partial charge is 0.256 e. The highest BCUT2D eigenvalue weighted by Gasteiger charge is 2.38. The SMILES string of the molecule is CC1=CC(=O)N(CC(c2ccccc2)C2CO2)C1=O. The zero-order valence-electron chi connectivity index (χ0n) is 10.7. The minimum absolute atomic E-state index is 0.0633. The van der Waals surface area contributed by atoms with Gasteiger partial charge in [-0.1, -0.05) is 30.3 Å². The van der Waals surface area contributed by atoms with Crippen LogP contribution < -0.4 is 0 Å². The lowest BCUT2D eigenvalue weighted by Crippen LogP contribution is -2.36. The van der Waals surface area contributed by atoms with Crippen LogP contribution in [0.25, 0.3) is 0 Å². The third-order valence-corrected chi connectivity index (χ3v) is 3.60. The fourth-order valence-electron chi connectivity index (χ4n) is 2.43. The predicted molar refractivity (Wildman–Crippen MR) is 69.4 cm³/mol. The molecule has 2 unspecified atom stereocenters. The Labute approximate surface area is 111 Å². The predicted octanol–water partition coefficient (Wildman–Crippen LogP) is 1.48. The number of hydrogen-bond donors (Lipinski definition) is 0. The maximum absolute atomic E-state index is 11.9. The van der Waals surface area contributed by atoms with Crippen LogP contribution in [0.5, 0.6) is 0 Å². The quantitative estimate of drug-likeness (QED) is 0.606. The van der Waals surface area contributed by atoms with E-state index < -0.39 is 0 Å². The van der Waals surface area contributed by atoms with E-state index in [0.29, 0.717) is 18.7 Å². The summed E-state index contributed by atoms with van der Waals surface area (Å²) >= 11 is 0. The number of carbonyl (C=O) groups is 2. The zero-order valence-corrected chi connectivity index (χ0v) is 10.7. The number of rotatable bonds is 4. The topological polar surface area (TPSA) is 49.9 Å². The molecule has 4 nitrogen and oxygen atoms in total. The molecule has 0 radical (unpaired) electrons. The fourth-order valence-corrected chi connectivity index (χ4v) is 2.43. The molecule has 2 heterocycles. The average molecular weight is 257 g/mol. The summed E-state index contributed by atoms with van der Waals surface area (Å²) in [4.78, 5) is 25.0. The Balaban J connectivity index is 1.80. The van der Waals surface area contributed by atoms with Crippen LogP contribution in [0.1, 0.15) is 18.4 Å². The van der Waals surface area contributed by atoms with Crippen molar-refractivity contribution in [1.82, 2.24) is 4.90 Å². The van der Waals surface area contributed by atoms with E-state index in [-0.39, 0.29) is 23.8 Å². The normalized spacial score (nSPS) is 23.5. The van der Waals surface area contributed by atoms with Crippen LogP contribution in [0, 0.1) is 0 Å². The third-order valence-electron chi connectivity index (χ3n) is 3.60. The van der Waals surface area contributed by atoms with E-state index in [1.54, 1.807) is 6.92 Å². The van der Waals surface area contributed by atoms with E-state index >= 15 is 0 Å². The highest BCUT2D eigenvalue weighted by atomic mass is 16.6. The Morgan fingerprint density at radius 1 is 1.32 bits per heavy atom. The second kappa shape index (κ2) is 4.63. The standard InChI is InChI=1S/C15H15NO3/c1-10-7-14(17)16(15(10)18)8-12(13-9-19-13)11-5-3-2-4-6-11/h2-7,12-13H,8-9H2,1H3. The van der Waals surface area contributed by atoms with Crippen molar-refractivity contribution in [3.8, 4) is 0 Å². The molecule has 2 amide bonds. The van der Waals surface area contributed by atoms with Gasteiger partial charge in [-0.3, -0.25) is 14.5 Å². The molecule has 0 bridgehead atoms. The number of nitrogens with zero attached hydrogens (tertiary/aromatic N) is 1. The van der Waals surface area contributed by atoms with Crippen LogP contribution in [0.15, 0.2) is 42.0 Å². The summed E-state index contributed by atoms with van der Waals surface area (Å²) in [6, 6.07) is 9.89. The summed E-state index contributed by atoms with van der Waals surface area (Å²) < 4.78 is 5.37. The molecule has 0 saturated carbocycles. The highest BCUT2D eigenvalue weighted by molar-refractivity contribution is 6.15. The van der Waals surface area contributed by atoms with Crippen molar-refractivity contribution in [3.63, 3.8) is 0 Å². The van der Waals surface area contributed by atoms with E-state index in [0.717, 1.165) is 5.56 Å². The van der Waals surface area contributed by atoms with Gasteiger partial charge in [0, 0.05) is 24.1 Å². The molecule has 1 aromatic carbocycles. The minimum atomic E-state index is -0.218. The molecule has 0 spiro atoms. The van der Waals surface area contributed by atoms with Crippen molar-refractivity contribution in [2.45, 2.75) is 18.9 Å². The first-order chi connectivity index (χ1) is 9.16. The fraction of sp³-hybridized carbons (Fsp3) is 0.333. The summed E-state index contributed by atoms with van der Waals surface area (Å²) in [5.41, 5.74) is 1.61. The first kappa shape index (κ1) is 12.1. The molecule has 0 N–H and O–H groups in total. The molecule has 3 rings (SSSR count). The van der Waals surface area contributed by atoms with Gasteiger partial charge >= 0.3 is 0 Å². The number of ether oxygens (including phenoxy) is 1. The maximum atomic E-state index is 11.9. The van der Waals surface area contributed by atoms with Crippen molar-refractivity contribution in [1.29, 1.82) is 0 Å². The van der Waals surface area contributed by atoms with Crippen molar-refractivity contribution >= 4 is 11.8 Å². The van der Waals surface area contributed by atoms with Crippen LogP contribution >= 0.6 is 0 Å². The number of imide groups is 1. The molecular weight excluding hydrogens is 242 g/mol. The van der Waals surface area contributed by atoms with Gasteiger partial charge in [0.25, 0.3) is 11.8 Å². The second-order valence-corrected chi connectivity index (χ2v) is 4.97. The van der Waals surface area contributed by atoms with Crippen LogP contribution in [0.2, 0.25) is 0 Å². The van der Waals surface area contributed by atoms with Gasteiger partial charge in [-0.15, -0.1) is 0 Å². The lowest BCUT2D eigenvalue weighted by Gasteiger charge is -2.21. The van der Waals surface area contributed by atoms with Gasteiger partial charge in [0.2, 0.25) is 0 Å². The Morgan fingerprint density at radius 2 is 2.00 bits per heavy atom. The Kier molecular flexibility index (Phi) is 2.95. The number of amides is 2. The Hall–Kier alpha value is -1.94. The van der Waals surface area contributed by atoms with E-state index in [2.05, 4.69) is 0 Å². The van der Waals surface area contributed by atoms with Gasteiger partial charge in [-0.2, -0.15) is 0 Å². The summed E-state index contributed by atoms with van der Waals surface area (Å²) in [6.45, 7) is 2.76. The molecule has 1 saturated heterocycles. The van der Waals surface area contributed by atoms with Crippen LogP contribution in [0.3, 0.4) is 0 Å². The number of benzene rings is 1. The number of hydrogen-bond acceptors (Lipinski definition) is 3. The van der Waals surface area contributed by atoms with Gasteiger partial charge in [0.15, 0.2) is 0 Å². The minimum Gasteiger partial charge on any atom is -0.372 e. The molecule has 19 heavy (non-hydrogen) atoms. The summed E-state index contributed by atoms with van der Waals surface area (Å²) in [5, 5.41) is 0. The molecule has 2 aliphatic rings. The monoisotopic (exact) mass is 257 g/mol. The van der Waals surface area contributed by atoms with Gasteiger partial charge < -0.3 is 4.74 Å². The highest BCUT2D eigenvalue weighted by Crippen LogP contribution is 2.31.